The second-order valence-corrected chi connectivity index (χ2v) is 13.6. The minimum absolute atomic E-state index is 0.852. The Kier molecular flexibility index (Phi) is 12.6. The molecule has 6 aromatic carbocycles. The van der Waals surface area contributed by atoms with Gasteiger partial charge in [-0.25, -0.2) is 87.8 Å². The molecule has 0 saturated heterocycles. The number of rotatable bonds is 6. The third-order valence-corrected chi connectivity index (χ3v) is 10.2. The predicted molar refractivity (Wildman–Crippen MR) is 186 cm³/mol. The van der Waals surface area contributed by atoms with E-state index in [9.17, 15) is 52.7 Å². The predicted octanol–water partition coefficient (Wildman–Crippen LogP) is 9.31. The van der Waals surface area contributed by atoms with Gasteiger partial charge in [0.25, 0.3) is 0 Å². The summed E-state index contributed by atoms with van der Waals surface area (Å²) in [6.45, 7) is 0.852. The molecular formula is C40H14BF20NS. The van der Waals surface area contributed by atoms with Crippen LogP contribution in [0.15, 0.2) is 71.9 Å². The number of aromatic nitrogens is 1. The number of halogens is 20. The van der Waals surface area contributed by atoms with Gasteiger partial charge in [0, 0.05) is 17.0 Å². The van der Waals surface area contributed by atoms with E-state index in [1.54, 1.807) is 0 Å². The Balaban J connectivity index is 0.000000302. The monoisotopic (exact) mass is 931 g/mol. The van der Waals surface area contributed by atoms with E-state index in [0.717, 1.165) is 11.6 Å². The van der Waals surface area contributed by atoms with Gasteiger partial charge in [-0.15, -0.1) is 21.9 Å². The van der Waals surface area contributed by atoms with Crippen molar-refractivity contribution < 1.29 is 92.4 Å². The van der Waals surface area contributed by atoms with Crippen molar-refractivity contribution in [2.24, 2.45) is 0 Å². The highest BCUT2D eigenvalue weighted by Gasteiger charge is 2.52. The van der Waals surface area contributed by atoms with E-state index in [4.69, 9.17) is 0 Å². The van der Waals surface area contributed by atoms with Crippen LogP contribution >= 0.6 is 12.6 Å². The number of hydrogen-bond donors (Lipinski definition) is 1. The van der Waals surface area contributed by atoms with Crippen LogP contribution in [0.4, 0.5) is 87.8 Å². The lowest BCUT2D eigenvalue weighted by atomic mass is 9.12. The molecule has 0 N–H and O–H groups in total. The minimum Gasteiger partial charge on any atom is -0.207 e. The molecule has 7 aromatic rings. The molecule has 328 valence electrons. The topological polar surface area (TPSA) is 3.88 Å². The zero-order valence-electron chi connectivity index (χ0n) is 30.1. The summed E-state index contributed by atoms with van der Waals surface area (Å²) >= 11 is 4.57. The van der Waals surface area contributed by atoms with Crippen molar-refractivity contribution in [1.82, 2.24) is 0 Å². The van der Waals surface area contributed by atoms with Gasteiger partial charge in [0.05, 0.1) is 0 Å². The molecule has 0 saturated carbocycles. The molecule has 0 bridgehead atoms. The highest BCUT2D eigenvalue weighted by molar-refractivity contribution is 7.80. The fourth-order valence-electron chi connectivity index (χ4n) is 7.00. The van der Waals surface area contributed by atoms with Crippen molar-refractivity contribution in [2.75, 3.05) is 0 Å². The molecular weight excluding hydrogens is 917 g/mol. The second kappa shape index (κ2) is 17.1. The van der Waals surface area contributed by atoms with E-state index in [2.05, 4.69) is 78.0 Å². The SMILES string of the molecule is Fc1c(F)c(F)c([B-](c2c(F)c(F)c(F)c(F)c2F)(c2c(F)c(F)c(F)c(F)c2F)c2c(F)c(F)c(F)c(F)c2F)c(F)c1F.Sc1cc2ccccc2c[n+]1Cc1ccccc1. The van der Waals surface area contributed by atoms with Crippen LogP contribution in [0.1, 0.15) is 5.56 Å². The van der Waals surface area contributed by atoms with E-state index in [-0.39, 0.29) is 0 Å². The largest absolute Gasteiger partial charge is 0.237 e. The Morgan fingerprint density at radius 3 is 0.889 bits per heavy atom. The summed E-state index contributed by atoms with van der Waals surface area (Å²) in [4.78, 5) is 0. The number of thiol groups is 1. The van der Waals surface area contributed by atoms with Gasteiger partial charge in [0.1, 0.15) is 52.7 Å². The second-order valence-electron chi connectivity index (χ2n) is 13.2. The Bertz CT molecular complexity index is 2620. The zero-order chi connectivity index (χ0) is 46.7. The molecule has 0 fully saturated rings. The maximum atomic E-state index is 15.4. The van der Waals surface area contributed by atoms with Crippen LogP contribution in [-0.2, 0) is 6.54 Å². The number of benzene rings is 6. The van der Waals surface area contributed by atoms with Gasteiger partial charge in [0.15, 0.2) is 82.5 Å². The quantitative estimate of drug-likeness (QED) is 0.0424. The van der Waals surface area contributed by atoms with Crippen LogP contribution in [0.2, 0.25) is 0 Å². The summed E-state index contributed by atoms with van der Waals surface area (Å²) in [6, 6.07) is 20.9. The highest BCUT2D eigenvalue weighted by Crippen LogP contribution is 2.31. The van der Waals surface area contributed by atoms with Crippen LogP contribution in [0.5, 0.6) is 0 Å². The molecule has 23 heteroatoms. The maximum Gasteiger partial charge on any atom is 0.237 e. The molecule has 7 rings (SSSR count). The van der Waals surface area contributed by atoms with E-state index < -0.39 is 144 Å². The van der Waals surface area contributed by atoms with Crippen LogP contribution in [-0.4, -0.2) is 6.15 Å². The molecule has 1 nitrogen and oxygen atoms in total. The van der Waals surface area contributed by atoms with Crippen molar-refractivity contribution in [1.29, 1.82) is 0 Å². The fourth-order valence-corrected chi connectivity index (χ4v) is 7.26. The fraction of sp³-hybridized carbons (Fsp3) is 0.0250. The van der Waals surface area contributed by atoms with Crippen molar-refractivity contribution in [3.05, 3.63) is 189 Å². The van der Waals surface area contributed by atoms with Gasteiger partial charge in [0.2, 0.25) is 5.03 Å². The summed E-state index contributed by atoms with van der Waals surface area (Å²) in [7, 11) is 0. The van der Waals surface area contributed by atoms with E-state index in [1.165, 1.54) is 16.3 Å². The highest BCUT2D eigenvalue weighted by atomic mass is 32.1. The van der Waals surface area contributed by atoms with Gasteiger partial charge >= 0.3 is 0 Å². The van der Waals surface area contributed by atoms with Crippen LogP contribution in [0, 0.1) is 116 Å². The lowest BCUT2D eigenvalue weighted by molar-refractivity contribution is -0.723. The van der Waals surface area contributed by atoms with Crippen LogP contribution in [0.3, 0.4) is 0 Å². The molecule has 0 aliphatic rings. The van der Waals surface area contributed by atoms with Gasteiger partial charge in [-0.1, -0.05) is 61.2 Å². The number of fused-ring (bicyclic) bond motifs is 1. The molecule has 1 heterocycles. The summed E-state index contributed by atoms with van der Waals surface area (Å²) in [5.41, 5.74) is -13.0. The van der Waals surface area contributed by atoms with Crippen molar-refractivity contribution in [3.63, 3.8) is 0 Å². The molecule has 0 radical (unpaired) electrons. The molecule has 0 atom stereocenters. The molecule has 1 aromatic heterocycles. The Morgan fingerprint density at radius 1 is 0.333 bits per heavy atom. The first kappa shape index (κ1) is 46.3. The number of pyridine rings is 1. The van der Waals surface area contributed by atoms with Crippen molar-refractivity contribution in [2.45, 2.75) is 11.6 Å². The molecule has 0 unspecified atom stereocenters. The van der Waals surface area contributed by atoms with Crippen LogP contribution in [0.25, 0.3) is 10.8 Å². The maximum absolute atomic E-state index is 15.4. The Hall–Kier alpha value is -6.26. The first-order valence-electron chi connectivity index (χ1n) is 16.9. The van der Waals surface area contributed by atoms with Crippen molar-refractivity contribution in [3.8, 4) is 0 Å². The van der Waals surface area contributed by atoms with E-state index in [1.807, 2.05) is 6.07 Å². The molecule has 0 aliphatic heterocycles. The smallest absolute Gasteiger partial charge is 0.207 e. The number of nitrogens with zero attached hydrogens (tertiary/aromatic N) is 1. The van der Waals surface area contributed by atoms with E-state index >= 15 is 35.1 Å². The normalized spacial score (nSPS) is 11.6. The molecule has 0 aliphatic carbocycles. The molecule has 0 spiro atoms. The molecule has 0 amide bonds. The number of hydrogen-bond acceptors (Lipinski definition) is 1. The first-order valence-corrected chi connectivity index (χ1v) is 17.4. The van der Waals surface area contributed by atoms with Gasteiger partial charge in [-0.2, -0.15) is 4.57 Å². The third kappa shape index (κ3) is 7.28. The lowest BCUT2D eigenvalue weighted by Gasteiger charge is -2.44. The summed E-state index contributed by atoms with van der Waals surface area (Å²) in [6.07, 6.45) is -5.06. The Morgan fingerprint density at radius 2 is 0.587 bits per heavy atom. The van der Waals surface area contributed by atoms with Crippen molar-refractivity contribution >= 4 is 51.4 Å². The average molecular weight is 931 g/mol. The summed E-state index contributed by atoms with van der Waals surface area (Å²) in [5.74, 6) is -71.4. The minimum atomic E-state index is -7.22. The Labute approximate surface area is 343 Å². The standard InChI is InChI=1S/C24BF20.C16H13NS/c26-5-1(6(27)14(35)21(42)13(5)34)25(2-7(28)15(36)22(43)16(37)8(2)29,3-9(30)17(38)23(44)18(39)10(3)31)4-11(32)19(40)24(45)20(41)12(4)33;18-16-10-14-8-4-5-9-15(14)12-17(16)11-13-6-2-1-3-7-13/h;1-10,12H,11H2/q-1;/p+1. The average Bonchev–Trinajstić information content (AvgIpc) is 3.27. The van der Waals surface area contributed by atoms with E-state index in [0.29, 0.717) is 0 Å². The third-order valence-electron chi connectivity index (χ3n) is 9.77. The van der Waals surface area contributed by atoms with Crippen LogP contribution < -0.4 is 26.4 Å². The van der Waals surface area contributed by atoms with Gasteiger partial charge < -0.3 is 0 Å². The van der Waals surface area contributed by atoms with Gasteiger partial charge in [-0.05, 0) is 11.5 Å². The zero-order valence-corrected chi connectivity index (χ0v) is 31.0. The summed E-state index contributed by atoms with van der Waals surface area (Å²) < 4.78 is 296. The summed E-state index contributed by atoms with van der Waals surface area (Å²) in [5, 5.41) is 3.45. The molecule has 63 heavy (non-hydrogen) atoms. The lowest BCUT2D eigenvalue weighted by Crippen LogP contribution is -2.81. The first-order chi connectivity index (χ1) is 29.5. The van der Waals surface area contributed by atoms with Gasteiger partial charge in [-0.3, -0.25) is 0 Å².